The van der Waals surface area contributed by atoms with E-state index in [-0.39, 0.29) is 17.4 Å². The largest absolute Gasteiger partial charge is 0.323 e. The predicted molar refractivity (Wildman–Crippen MR) is 84.2 cm³/mol. The fraction of sp³-hybridized carbons (Fsp3) is 0.312. The van der Waals surface area contributed by atoms with Gasteiger partial charge in [-0.15, -0.1) is 11.3 Å². The maximum Gasteiger partial charge on any atom is 0.279 e. The molecule has 0 fully saturated rings. The van der Waals surface area contributed by atoms with E-state index < -0.39 is 0 Å². The smallest absolute Gasteiger partial charge is 0.279 e. The van der Waals surface area contributed by atoms with Gasteiger partial charge in [0.2, 0.25) is 0 Å². The average Bonchev–Trinajstić information content (AvgIpc) is 2.94. The predicted octanol–water partition coefficient (Wildman–Crippen LogP) is 2.24. The number of thiophene rings is 1. The lowest BCUT2D eigenvalue weighted by Gasteiger charge is -2.16. The van der Waals surface area contributed by atoms with Gasteiger partial charge in [0.05, 0.1) is 17.1 Å². The lowest BCUT2D eigenvalue weighted by atomic mass is 10.2. The molecule has 1 unspecified atom stereocenters. The molecule has 3 nitrogen and oxygen atoms in total. The van der Waals surface area contributed by atoms with E-state index in [4.69, 9.17) is 0 Å². The van der Waals surface area contributed by atoms with Crippen LogP contribution in [0.4, 0.5) is 10.1 Å². The van der Waals surface area contributed by atoms with Crippen LogP contribution in [-0.4, -0.2) is 19.0 Å². The Labute approximate surface area is 128 Å². The molecule has 112 valence electrons. The molecule has 0 aliphatic rings. The first-order valence-electron chi connectivity index (χ1n) is 7.00. The first-order valence-corrected chi connectivity index (χ1v) is 7.88. The molecule has 2 N–H and O–H groups in total. The summed E-state index contributed by atoms with van der Waals surface area (Å²) in [5.74, 6) is -0.550. The molecule has 0 bridgehead atoms. The Morgan fingerprint density at radius 2 is 2.19 bits per heavy atom. The van der Waals surface area contributed by atoms with Crippen LogP contribution in [0.5, 0.6) is 0 Å². The number of quaternary nitrogens is 1. The van der Waals surface area contributed by atoms with Crippen molar-refractivity contribution in [3.05, 3.63) is 52.0 Å². The molecule has 0 saturated carbocycles. The number of anilines is 1. The zero-order chi connectivity index (χ0) is 15.2. The Kier molecular flexibility index (Phi) is 5.47. The maximum atomic E-state index is 13.7. The molecular formula is C16H20FN2OS+. The molecule has 2 aromatic rings. The number of halogens is 1. The highest BCUT2D eigenvalue weighted by molar-refractivity contribution is 7.09. The zero-order valence-corrected chi connectivity index (χ0v) is 13.1. The monoisotopic (exact) mass is 307 g/mol. The van der Waals surface area contributed by atoms with E-state index >= 15 is 0 Å². The number of carbonyl (C=O) groups is 1. The summed E-state index contributed by atoms with van der Waals surface area (Å²) in [6.07, 6.45) is 0. The summed E-state index contributed by atoms with van der Waals surface area (Å²) in [7, 11) is 0. The second-order valence-corrected chi connectivity index (χ2v) is 6.10. The van der Waals surface area contributed by atoms with Crippen molar-refractivity contribution in [3.63, 3.8) is 0 Å². The molecule has 2 rings (SSSR count). The summed E-state index contributed by atoms with van der Waals surface area (Å²) < 4.78 is 13.7. The summed E-state index contributed by atoms with van der Waals surface area (Å²) in [6, 6.07) is 8.89. The third kappa shape index (κ3) is 4.65. The maximum absolute atomic E-state index is 13.7. The Hall–Kier alpha value is -1.72. The molecule has 1 aromatic heterocycles. The van der Waals surface area contributed by atoms with Crippen LogP contribution < -0.4 is 10.2 Å². The van der Waals surface area contributed by atoms with Crippen LogP contribution >= 0.6 is 11.3 Å². The molecule has 0 saturated heterocycles. The van der Waals surface area contributed by atoms with Crippen LogP contribution in [0.2, 0.25) is 0 Å². The number of aryl methyl sites for hydroxylation is 1. The quantitative estimate of drug-likeness (QED) is 0.843. The number of likely N-dealkylation sites (N-methyl/N-ethyl adjacent to an activating group) is 1. The lowest BCUT2D eigenvalue weighted by molar-refractivity contribution is -0.903. The van der Waals surface area contributed by atoms with E-state index in [9.17, 15) is 9.18 Å². The van der Waals surface area contributed by atoms with Gasteiger partial charge in [-0.05, 0) is 43.0 Å². The summed E-state index contributed by atoms with van der Waals surface area (Å²) in [5, 5.41) is 4.68. The molecule has 0 radical (unpaired) electrons. The van der Waals surface area contributed by atoms with Gasteiger partial charge >= 0.3 is 0 Å². The number of amides is 1. The highest BCUT2D eigenvalue weighted by atomic mass is 32.1. The lowest BCUT2D eigenvalue weighted by Crippen LogP contribution is -3.11. The van der Waals surface area contributed by atoms with Crippen molar-refractivity contribution < 1.29 is 14.1 Å². The molecular weight excluding hydrogens is 287 g/mol. The van der Waals surface area contributed by atoms with Crippen molar-refractivity contribution in [2.75, 3.05) is 18.4 Å². The van der Waals surface area contributed by atoms with Gasteiger partial charge in [0.15, 0.2) is 6.54 Å². The van der Waals surface area contributed by atoms with Crippen LogP contribution in [0.25, 0.3) is 0 Å². The van der Waals surface area contributed by atoms with Gasteiger partial charge in [0, 0.05) is 0 Å². The average molecular weight is 307 g/mol. The number of hydrogen-bond donors (Lipinski definition) is 2. The van der Waals surface area contributed by atoms with E-state index in [1.807, 2.05) is 25.3 Å². The van der Waals surface area contributed by atoms with Crippen molar-refractivity contribution in [2.45, 2.75) is 20.4 Å². The molecule has 5 heteroatoms. The number of benzene rings is 1. The van der Waals surface area contributed by atoms with E-state index in [0.717, 1.165) is 23.6 Å². The van der Waals surface area contributed by atoms with E-state index in [1.54, 1.807) is 23.5 Å². The summed E-state index contributed by atoms with van der Waals surface area (Å²) in [5.41, 5.74) is 1.08. The number of rotatable bonds is 6. The highest BCUT2D eigenvalue weighted by Gasteiger charge is 2.15. The molecule has 0 spiro atoms. The molecule has 1 atom stereocenters. The summed E-state index contributed by atoms with van der Waals surface area (Å²) >= 11 is 1.69. The van der Waals surface area contributed by atoms with Crippen LogP contribution in [0.3, 0.4) is 0 Å². The van der Waals surface area contributed by atoms with Crippen LogP contribution in [0.1, 0.15) is 17.4 Å². The van der Waals surface area contributed by atoms with Crippen molar-refractivity contribution >= 4 is 22.9 Å². The molecule has 0 aliphatic heterocycles. The summed E-state index contributed by atoms with van der Waals surface area (Å²) in [4.78, 5) is 14.5. The Morgan fingerprint density at radius 1 is 1.38 bits per heavy atom. The van der Waals surface area contributed by atoms with Crippen molar-refractivity contribution in [2.24, 2.45) is 0 Å². The van der Waals surface area contributed by atoms with Crippen molar-refractivity contribution in [1.82, 2.24) is 0 Å². The first-order chi connectivity index (χ1) is 10.1. The van der Waals surface area contributed by atoms with Crippen molar-refractivity contribution in [1.29, 1.82) is 0 Å². The minimum atomic E-state index is -0.389. The second kappa shape index (κ2) is 7.33. The van der Waals surface area contributed by atoms with Crippen LogP contribution in [0.15, 0.2) is 35.7 Å². The highest BCUT2D eigenvalue weighted by Crippen LogP contribution is 2.14. The number of carbonyl (C=O) groups excluding carboxylic acids is 1. The third-order valence-electron chi connectivity index (χ3n) is 3.31. The van der Waals surface area contributed by atoms with E-state index in [2.05, 4.69) is 11.4 Å². The van der Waals surface area contributed by atoms with Crippen LogP contribution in [-0.2, 0) is 11.3 Å². The minimum absolute atomic E-state index is 0.161. The molecule has 1 amide bonds. The Bertz CT molecular complexity index is 598. The Balaban J connectivity index is 1.93. The van der Waals surface area contributed by atoms with Crippen LogP contribution in [0, 0.1) is 12.7 Å². The van der Waals surface area contributed by atoms with E-state index in [0.29, 0.717) is 6.54 Å². The standard InChI is InChI=1S/C16H19FN2OS/c1-3-19(10-13-5-4-8-21-13)11-16(20)18-15-7-6-12(2)9-14(15)17/h4-9H,3,10-11H2,1-2H3,(H,18,20)/p+1. The topological polar surface area (TPSA) is 33.5 Å². The number of hydrogen-bond acceptors (Lipinski definition) is 2. The van der Waals surface area contributed by atoms with E-state index in [1.165, 1.54) is 10.9 Å². The zero-order valence-electron chi connectivity index (χ0n) is 12.3. The summed E-state index contributed by atoms with van der Waals surface area (Å²) in [6.45, 7) is 5.86. The molecule has 21 heavy (non-hydrogen) atoms. The van der Waals surface area contributed by atoms with Gasteiger partial charge in [-0.2, -0.15) is 0 Å². The van der Waals surface area contributed by atoms with Gasteiger partial charge in [-0.1, -0.05) is 12.1 Å². The SMILES string of the molecule is CC[NH+](CC(=O)Nc1ccc(C)cc1F)Cc1cccs1. The van der Waals surface area contributed by atoms with Gasteiger partial charge < -0.3 is 10.2 Å². The minimum Gasteiger partial charge on any atom is -0.323 e. The fourth-order valence-corrected chi connectivity index (χ4v) is 2.89. The van der Waals surface area contributed by atoms with Crippen molar-refractivity contribution in [3.8, 4) is 0 Å². The Morgan fingerprint density at radius 3 is 2.81 bits per heavy atom. The molecule has 1 aromatic carbocycles. The molecule has 0 aliphatic carbocycles. The fourth-order valence-electron chi connectivity index (χ4n) is 2.12. The van der Waals surface area contributed by atoms with Gasteiger partial charge in [0.25, 0.3) is 5.91 Å². The van der Waals surface area contributed by atoms with Gasteiger partial charge in [-0.25, -0.2) is 4.39 Å². The third-order valence-corrected chi connectivity index (χ3v) is 4.19. The number of nitrogens with one attached hydrogen (secondary N) is 2. The molecule has 1 heterocycles. The normalized spacial score (nSPS) is 12.1. The first kappa shape index (κ1) is 15.7. The van der Waals surface area contributed by atoms with Gasteiger partial charge in [0.1, 0.15) is 12.4 Å². The second-order valence-electron chi connectivity index (χ2n) is 5.07. The van der Waals surface area contributed by atoms with Gasteiger partial charge in [-0.3, -0.25) is 4.79 Å².